The normalized spacial score (nSPS) is 51.3. The first kappa shape index (κ1) is 19.7. The van der Waals surface area contributed by atoms with Crippen molar-refractivity contribution in [3.8, 4) is 0 Å². The first-order valence-electron chi connectivity index (χ1n) is 11.4. The molecule has 2 saturated heterocycles. The van der Waals surface area contributed by atoms with Crippen LogP contribution in [0.1, 0.15) is 79.1 Å². The van der Waals surface area contributed by atoms with E-state index in [1.807, 2.05) is 0 Å². The Kier molecular flexibility index (Phi) is 4.20. The number of ether oxygens (including phenoxy) is 1. The third-order valence-electron chi connectivity index (χ3n) is 9.73. The van der Waals surface area contributed by atoms with Crippen LogP contribution in [0.4, 0.5) is 0 Å². The maximum absolute atomic E-state index is 11.6. The molecular weight excluding hydrogens is 368 g/mol. The fourth-order valence-electron chi connectivity index (χ4n) is 8.29. The SMILES string of the molecule is CC(=O)O[C@@H]1CC[C@]2(C)C3=CC[C@@]4(C)[C@@H](CC[C@H]4[C@@H](C)C=O)[C@@]34CC[C@]2(C1)OO4. The second-order valence-corrected chi connectivity index (χ2v) is 10.9. The number of hydrogen-bond acceptors (Lipinski definition) is 5. The molecule has 0 N–H and O–H groups in total. The predicted molar refractivity (Wildman–Crippen MR) is 107 cm³/mol. The van der Waals surface area contributed by atoms with E-state index in [-0.39, 0.29) is 34.4 Å². The molecule has 0 aromatic heterocycles. The van der Waals surface area contributed by atoms with Gasteiger partial charge in [0.25, 0.3) is 0 Å². The van der Waals surface area contributed by atoms with Crippen LogP contribution in [-0.2, 0) is 24.1 Å². The van der Waals surface area contributed by atoms with Gasteiger partial charge in [-0.3, -0.25) is 4.79 Å². The van der Waals surface area contributed by atoms with Crippen LogP contribution in [0, 0.1) is 28.6 Å². The molecule has 4 aliphatic carbocycles. The van der Waals surface area contributed by atoms with Crippen LogP contribution in [0.25, 0.3) is 0 Å². The van der Waals surface area contributed by atoms with Crippen LogP contribution in [-0.4, -0.2) is 29.6 Å². The summed E-state index contributed by atoms with van der Waals surface area (Å²) in [6.07, 6.45) is 11.1. The lowest BCUT2D eigenvalue weighted by Gasteiger charge is -2.69. The Balaban J connectivity index is 1.52. The molecule has 0 radical (unpaired) electrons. The largest absolute Gasteiger partial charge is 0.462 e. The molecule has 3 saturated carbocycles. The smallest absolute Gasteiger partial charge is 0.302 e. The van der Waals surface area contributed by atoms with Gasteiger partial charge in [-0.1, -0.05) is 26.8 Å². The minimum absolute atomic E-state index is 0.0736. The van der Waals surface area contributed by atoms with E-state index >= 15 is 0 Å². The Hall–Kier alpha value is -1.20. The molecule has 2 aliphatic heterocycles. The van der Waals surface area contributed by atoms with Crippen LogP contribution in [0.5, 0.6) is 0 Å². The van der Waals surface area contributed by atoms with Gasteiger partial charge in [0.05, 0.1) is 0 Å². The fourth-order valence-corrected chi connectivity index (χ4v) is 8.29. The van der Waals surface area contributed by atoms with E-state index in [1.54, 1.807) is 0 Å². The standard InChI is InChI=1S/C24H34O5/c1-15(14-25)18-5-6-19-21(18,3)9-8-20-22(4)10-7-17(27-16(2)26)13-23(22)11-12-24(19,20)29-28-23/h8,14-15,17-19H,5-7,9-13H2,1-4H3/t15-,17+,18-,19+,21+,22+,23+,24-/m0/s1. The van der Waals surface area contributed by atoms with Gasteiger partial charge in [-0.15, -0.1) is 0 Å². The summed E-state index contributed by atoms with van der Waals surface area (Å²) in [6, 6.07) is 0. The average Bonchev–Trinajstić information content (AvgIpc) is 3.05. The number of carbonyl (C=O) groups is 2. The monoisotopic (exact) mass is 402 g/mol. The Bertz CT molecular complexity index is 763. The molecule has 0 aromatic carbocycles. The molecule has 0 aromatic rings. The van der Waals surface area contributed by atoms with Crippen LogP contribution in [0.15, 0.2) is 11.6 Å². The van der Waals surface area contributed by atoms with E-state index in [4.69, 9.17) is 14.5 Å². The molecule has 5 nitrogen and oxygen atoms in total. The molecule has 5 fully saturated rings. The molecule has 5 heteroatoms. The van der Waals surface area contributed by atoms with E-state index in [1.165, 1.54) is 12.5 Å². The van der Waals surface area contributed by atoms with Crippen molar-refractivity contribution >= 4 is 12.3 Å². The van der Waals surface area contributed by atoms with Crippen molar-refractivity contribution in [3.63, 3.8) is 0 Å². The summed E-state index contributed by atoms with van der Waals surface area (Å²) < 4.78 is 5.57. The quantitative estimate of drug-likeness (QED) is 0.300. The molecule has 6 aliphatic rings. The van der Waals surface area contributed by atoms with Crippen molar-refractivity contribution in [1.82, 2.24) is 0 Å². The Morgan fingerprint density at radius 1 is 1.21 bits per heavy atom. The second kappa shape index (κ2) is 6.16. The van der Waals surface area contributed by atoms with E-state index in [9.17, 15) is 9.59 Å². The lowest BCUT2D eigenvalue weighted by atomic mass is 9.44. The van der Waals surface area contributed by atoms with Crippen LogP contribution < -0.4 is 0 Å². The highest BCUT2D eigenvalue weighted by molar-refractivity contribution is 5.66. The van der Waals surface area contributed by atoms with E-state index < -0.39 is 5.60 Å². The molecule has 0 amide bonds. The third kappa shape index (κ3) is 2.35. The summed E-state index contributed by atoms with van der Waals surface area (Å²) >= 11 is 0. The highest BCUT2D eigenvalue weighted by Gasteiger charge is 2.73. The highest BCUT2D eigenvalue weighted by atomic mass is 17.2. The average molecular weight is 403 g/mol. The molecule has 160 valence electrons. The number of aldehydes is 1. The zero-order valence-electron chi connectivity index (χ0n) is 18.2. The third-order valence-corrected chi connectivity index (χ3v) is 9.73. The number of hydrogen-bond donors (Lipinski definition) is 0. The lowest BCUT2D eigenvalue weighted by Crippen LogP contribution is -2.71. The number of carbonyl (C=O) groups excluding carboxylic acids is 2. The van der Waals surface area contributed by atoms with Gasteiger partial charge in [-0.05, 0) is 61.9 Å². The van der Waals surface area contributed by atoms with Crippen LogP contribution in [0.3, 0.4) is 0 Å². The van der Waals surface area contributed by atoms with Gasteiger partial charge in [0.15, 0.2) is 0 Å². The van der Waals surface area contributed by atoms with Gasteiger partial charge in [-0.25, -0.2) is 9.78 Å². The van der Waals surface area contributed by atoms with E-state index in [0.29, 0.717) is 18.3 Å². The summed E-state index contributed by atoms with van der Waals surface area (Å²) in [4.78, 5) is 35.8. The van der Waals surface area contributed by atoms with Gasteiger partial charge in [0, 0.05) is 30.6 Å². The zero-order chi connectivity index (χ0) is 20.7. The van der Waals surface area contributed by atoms with Crippen molar-refractivity contribution < 1.29 is 24.1 Å². The van der Waals surface area contributed by atoms with E-state index in [2.05, 4.69) is 26.8 Å². The summed E-state index contributed by atoms with van der Waals surface area (Å²) in [5.41, 5.74) is 0.687. The van der Waals surface area contributed by atoms with E-state index in [0.717, 1.165) is 51.2 Å². The number of esters is 1. The van der Waals surface area contributed by atoms with Gasteiger partial charge in [0.2, 0.25) is 0 Å². The first-order valence-corrected chi connectivity index (χ1v) is 11.4. The van der Waals surface area contributed by atoms with Crippen molar-refractivity contribution in [2.75, 3.05) is 0 Å². The number of fused-ring (bicyclic) bond motifs is 3. The Labute approximate surface area is 173 Å². The molecule has 6 rings (SSSR count). The van der Waals surface area contributed by atoms with Gasteiger partial charge in [0.1, 0.15) is 23.6 Å². The molecule has 2 heterocycles. The minimum atomic E-state index is -0.402. The summed E-state index contributed by atoms with van der Waals surface area (Å²) in [5, 5.41) is 0. The van der Waals surface area contributed by atoms with Crippen LogP contribution >= 0.6 is 0 Å². The maximum atomic E-state index is 11.6. The molecular formula is C24H34O5. The van der Waals surface area contributed by atoms with Crippen molar-refractivity contribution in [2.45, 2.75) is 96.4 Å². The highest BCUT2D eigenvalue weighted by Crippen LogP contribution is 2.73. The van der Waals surface area contributed by atoms with Crippen molar-refractivity contribution in [1.29, 1.82) is 0 Å². The molecule has 2 bridgehead atoms. The Morgan fingerprint density at radius 3 is 2.66 bits per heavy atom. The maximum Gasteiger partial charge on any atom is 0.302 e. The van der Waals surface area contributed by atoms with Gasteiger partial charge < -0.3 is 9.53 Å². The molecule has 2 spiro atoms. The second-order valence-electron chi connectivity index (χ2n) is 10.9. The fraction of sp³-hybridized carbons (Fsp3) is 0.833. The molecule has 8 atom stereocenters. The van der Waals surface area contributed by atoms with Gasteiger partial charge >= 0.3 is 5.97 Å². The lowest BCUT2D eigenvalue weighted by molar-refractivity contribution is -0.494. The number of allylic oxidation sites excluding steroid dienone is 1. The summed E-state index contributed by atoms with van der Waals surface area (Å²) in [5.74, 6) is 0.662. The Morgan fingerprint density at radius 2 is 2.00 bits per heavy atom. The molecule has 0 unspecified atom stereocenters. The predicted octanol–water partition coefficient (Wildman–Crippen LogP) is 4.54. The minimum Gasteiger partial charge on any atom is -0.462 e. The number of rotatable bonds is 3. The summed E-state index contributed by atoms with van der Waals surface area (Å²) in [7, 11) is 0. The van der Waals surface area contributed by atoms with Crippen LogP contribution in [0.2, 0.25) is 0 Å². The first-order chi connectivity index (χ1) is 13.7. The topological polar surface area (TPSA) is 61.8 Å². The zero-order valence-corrected chi connectivity index (χ0v) is 18.2. The molecule has 29 heavy (non-hydrogen) atoms. The van der Waals surface area contributed by atoms with Crippen molar-refractivity contribution in [3.05, 3.63) is 11.6 Å². The van der Waals surface area contributed by atoms with Crippen molar-refractivity contribution in [2.24, 2.45) is 28.6 Å². The summed E-state index contributed by atoms with van der Waals surface area (Å²) in [6.45, 7) is 8.28. The van der Waals surface area contributed by atoms with Gasteiger partial charge in [-0.2, -0.15) is 0 Å².